The molecule has 0 bridgehead atoms. The molecular formula is C20H20N4O2. The number of carbonyl (C=O) groups excluding carboxylic acids is 1. The molecule has 1 aromatic carbocycles. The molecular weight excluding hydrogens is 328 g/mol. The lowest BCUT2D eigenvalue weighted by Gasteiger charge is -2.14. The van der Waals surface area contributed by atoms with E-state index >= 15 is 0 Å². The standard InChI is InChI=1S/C20H20N4O2/c1-4-7-17-14(3)22-19-18(10-6-11-24(17)19)26-12-15-13(2)8-5-9-16(15)23-20(21)25/h1,5-6,8-11H,7,12H2,2-3H3,(H3,21,23,25). The highest BCUT2D eigenvalue weighted by atomic mass is 16.5. The quantitative estimate of drug-likeness (QED) is 0.695. The number of nitrogens with two attached hydrogens (primary N) is 1. The molecule has 2 amide bonds. The number of urea groups is 1. The van der Waals surface area contributed by atoms with E-state index in [9.17, 15) is 4.79 Å². The van der Waals surface area contributed by atoms with Gasteiger partial charge in [-0.15, -0.1) is 12.3 Å². The highest BCUT2D eigenvalue weighted by molar-refractivity contribution is 5.88. The third kappa shape index (κ3) is 3.33. The molecule has 2 heterocycles. The van der Waals surface area contributed by atoms with Crippen molar-refractivity contribution in [1.82, 2.24) is 9.38 Å². The number of amides is 2. The minimum absolute atomic E-state index is 0.276. The summed E-state index contributed by atoms with van der Waals surface area (Å²) in [6.07, 6.45) is 7.88. The largest absolute Gasteiger partial charge is 0.485 e. The van der Waals surface area contributed by atoms with Gasteiger partial charge in [0.1, 0.15) is 6.61 Å². The summed E-state index contributed by atoms with van der Waals surface area (Å²) in [7, 11) is 0. The Hall–Kier alpha value is -3.46. The van der Waals surface area contributed by atoms with Crippen LogP contribution in [0.2, 0.25) is 0 Å². The van der Waals surface area contributed by atoms with E-state index in [2.05, 4.69) is 16.2 Å². The lowest BCUT2D eigenvalue weighted by Crippen LogP contribution is -2.20. The summed E-state index contributed by atoms with van der Waals surface area (Å²) >= 11 is 0. The molecule has 0 aliphatic rings. The van der Waals surface area contributed by atoms with Gasteiger partial charge in [0.05, 0.1) is 17.8 Å². The number of aromatic nitrogens is 2. The van der Waals surface area contributed by atoms with E-state index in [1.54, 1.807) is 6.07 Å². The number of nitrogens with one attached hydrogen (secondary N) is 1. The topological polar surface area (TPSA) is 81.7 Å². The normalized spacial score (nSPS) is 10.5. The predicted molar refractivity (Wildman–Crippen MR) is 101 cm³/mol. The molecule has 0 aliphatic heterocycles. The SMILES string of the molecule is C#CCc1c(C)nc2c(OCc3c(C)cccc3NC(N)=O)cccn12. The first-order valence-corrected chi connectivity index (χ1v) is 8.19. The van der Waals surface area contributed by atoms with Gasteiger partial charge in [-0.1, -0.05) is 12.1 Å². The Balaban J connectivity index is 1.93. The number of hydrogen-bond acceptors (Lipinski definition) is 3. The molecule has 3 aromatic rings. The number of nitrogens with zero attached hydrogens (tertiary/aromatic N) is 2. The minimum Gasteiger partial charge on any atom is -0.485 e. The van der Waals surface area contributed by atoms with Crippen LogP contribution in [-0.4, -0.2) is 15.4 Å². The smallest absolute Gasteiger partial charge is 0.316 e. The molecule has 0 saturated carbocycles. The Morgan fingerprint density at radius 1 is 1.35 bits per heavy atom. The van der Waals surface area contributed by atoms with Crippen LogP contribution in [0.4, 0.5) is 10.5 Å². The number of fused-ring (bicyclic) bond motifs is 1. The number of pyridine rings is 1. The number of aryl methyl sites for hydroxylation is 2. The molecule has 3 N–H and O–H groups in total. The van der Waals surface area contributed by atoms with Crippen LogP contribution in [0.5, 0.6) is 5.75 Å². The maximum atomic E-state index is 11.2. The Kier molecular flexibility index (Phi) is 4.81. The van der Waals surface area contributed by atoms with E-state index in [0.29, 0.717) is 23.5 Å². The van der Waals surface area contributed by atoms with Gasteiger partial charge in [0.25, 0.3) is 0 Å². The van der Waals surface area contributed by atoms with Crippen LogP contribution in [-0.2, 0) is 13.0 Å². The molecule has 0 atom stereocenters. The number of benzene rings is 1. The van der Waals surface area contributed by atoms with Gasteiger partial charge < -0.3 is 15.8 Å². The first-order valence-electron chi connectivity index (χ1n) is 8.19. The molecule has 6 nitrogen and oxygen atoms in total. The number of ether oxygens (including phenoxy) is 1. The lowest BCUT2D eigenvalue weighted by molar-refractivity contribution is 0.259. The molecule has 132 valence electrons. The fraction of sp³-hybridized carbons (Fsp3) is 0.200. The number of anilines is 1. The first-order chi connectivity index (χ1) is 12.5. The van der Waals surface area contributed by atoms with Gasteiger partial charge in [-0.25, -0.2) is 9.78 Å². The number of imidazole rings is 1. The summed E-state index contributed by atoms with van der Waals surface area (Å²) in [4.78, 5) is 15.8. The van der Waals surface area contributed by atoms with Crippen LogP contribution >= 0.6 is 0 Å². The van der Waals surface area contributed by atoms with Crippen LogP contribution in [0.25, 0.3) is 5.65 Å². The van der Waals surface area contributed by atoms with Crippen molar-refractivity contribution in [2.45, 2.75) is 26.9 Å². The molecule has 0 saturated heterocycles. The van der Waals surface area contributed by atoms with Crippen molar-refractivity contribution < 1.29 is 9.53 Å². The van der Waals surface area contributed by atoms with Crippen molar-refractivity contribution in [3.05, 3.63) is 59.0 Å². The van der Waals surface area contributed by atoms with Crippen molar-refractivity contribution in [3.8, 4) is 18.1 Å². The third-order valence-electron chi connectivity index (χ3n) is 4.22. The number of hydrogen-bond donors (Lipinski definition) is 2. The molecule has 0 spiro atoms. The highest BCUT2D eigenvalue weighted by Crippen LogP contribution is 2.26. The molecule has 0 fully saturated rings. The Labute approximate surface area is 152 Å². The number of terminal acetylenes is 1. The van der Waals surface area contributed by atoms with Gasteiger partial charge in [0, 0.05) is 17.4 Å². The fourth-order valence-corrected chi connectivity index (χ4v) is 2.92. The van der Waals surface area contributed by atoms with Gasteiger partial charge in [-0.3, -0.25) is 4.40 Å². The zero-order valence-corrected chi connectivity index (χ0v) is 14.7. The zero-order valence-electron chi connectivity index (χ0n) is 14.7. The van der Waals surface area contributed by atoms with Gasteiger partial charge >= 0.3 is 6.03 Å². The van der Waals surface area contributed by atoms with Crippen LogP contribution in [0.15, 0.2) is 36.5 Å². The summed E-state index contributed by atoms with van der Waals surface area (Å²) in [5, 5.41) is 2.63. The number of rotatable bonds is 5. The van der Waals surface area contributed by atoms with Crippen molar-refractivity contribution >= 4 is 17.4 Å². The Morgan fingerprint density at radius 2 is 2.15 bits per heavy atom. The summed E-state index contributed by atoms with van der Waals surface area (Å²) in [6, 6.07) is 8.75. The second kappa shape index (κ2) is 7.19. The van der Waals surface area contributed by atoms with Gasteiger partial charge in [0.15, 0.2) is 11.4 Å². The molecule has 26 heavy (non-hydrogen) atoms. The fourth-order valence-electron chi connectivity index (χ4n) is 2.92. The minimum atomic E-state index is -0.609. The van der Waals surface area contributed by atoms with Crippen molar-refractivity contribution in [1.29, 1.82) is 0 Å². The van der Waals surface area contributed by atoms with Crippen LogP contribution < -0.4 is 15.8 Å². The van der Waals surface area contributed by atoms with Crippen molar-refractivity contribution in [2.75, 3.05) is 5.32 Å². The second-order valence-corrected chi connectivity index (χ2v) is 5.97. The van der Waals surface area contributed by atoms with Gasteiger partial charge in [-0.05, 0) is 37.6 Å². The highest BCUT2D eigenvalue weighted by Gasteiger charge is 2.13. The number of carbonyl (C=O) groups is 1. The van der Waals surface area contributed by atoms with Gasteiger partial charge in [0.2, 0.25) is 0 Å². The van der Waals surface area contributed by atoms with E-state index in [0.717, 1.165) is 22.5 Å². The average molecular weight is 348 g/mol. The number of primary amides is 1. The Morgan fingerprint density at radius 3 is 2.88 bits per heavy atom. The molecule has 3 rings (SSSR count). The van der Waals surface area contributed by atoms with Crippen LogP contribution in [0, 0.1) is 26.2 Å². The molecule has 6 heteroatoms. The van der Waals surface area contributed by atoms with Crippen molar-refractivity contribution in [2.24, 2.45) is 5.73 Å². The molecule has 0 aliphatic carbocycles. The van der Waals surface area contributed by atoms with Crippen LogP contribution in [0.1, 0.15) is 22.5 Å². The lowest BCUT2D eigenvalue weighted by atomic mass is 10.1. The predicted octanol–water partition coefficient (Wildman–Crippen LogP) is 3.20. The van der Waals surface area contributed by atoms with E-state index in [1.807, 2.05) is 48.7 Å². The summed E-state index contributed by atoms with van der Waals surface area (Å²) < 4.78 is 7.98. The van der Waals surface area contributed by atoms with E-state index in [-0.39, 0.29) is 6.61 Å². The molecule has 2 aromatic heterocycles. The first kappa shape index (κ1) is 17.4. The maximum Gasteiger partial charge on any atom is 0.316 e. The summed E-state index contributed by atoms with van der Waals surface area (Å²) in [5.74, 6) is 3.31. The van der Waals surface area contributed by atoms with Crippen molar-refractivity contribution in [3.63, 3.8) is 0 Å². The molecule has 0 radical (unpaired) electrons. The van der Waals surface area contributed by atoms with E-state index < -0.39 is 6.03 Å². The monoisotopic (exact) mass is 348 g/mol. The maximum absolute atomic E-state index is 11.2. The van der Waals surface area contributed by atoms with Crippen LogP contribution in [0.3, 0.4) is 0 Å². The third-order valence-corrected chi connectivity index (χ3v) is 4.22. The zero-order chi connectivity index (χ0) is 18.7. The van der Waals surface area contributed by atoms with E-state index in [4.69, 9.17) is 16.9 Å². The summed E-state index contributed by atoms with van der Waals surface area (Å²) in [6.45, 7) is 4.16. The van der Waals surface area contributed by atoms with Gasteiger partial charge in [-0.2, -0.15) is 0 Å². The summed E-state index contributed by atoms with van der Waals surface area (Å²) in [5.41, 5.74) is 10.3. The average Bonchev–Trinajstić information content (AvgIpc) is 2.91. The Bertz CT molecular complexity index is 1010. The molecule has 0 unspecified atom stereocenters. The second-order valence-electron chi connectivity index (χ2n) is 5.97. The van der Waals surface area contributed by atoms with E-state index in [1.165, 1.54) is 0 Å².